The van der Waals surface area contributed by atoms with Crippen LogP contribution in [0.15, 0.2) is 24.5 Å². The zero-order valence-corrected chi connectivity index (χ0v) is 32.6. The molecule has 0 unspecified atom stereocenters. The number of imidazole rings is 2. The first-order valence-electron chi connectivity index (χ1n) is 18.1. The molecule has 2 saturated heterocycles. The van der Waals surface area contributed by atoms with Crippen molar-refractivity contribution < 1.29 is 29.0 Å². The Kier molecular flexibility index (Phi) is 10.3. The van der Waals surface area contributed by atoms with E-state index in [4.69, 9.17) is 14.7 Å². The van der Waals surface area contributed by atoms with Crippen molar-refractivity contribution in [3.8, 4) is 21.4 Å². The lowest BCUT2D eigenvalue weighted by molar-refractivity contribution is -0.138. The number of benzene rings is 1. The molecule has 0 aliphatic carbocycles. The molecule has 0 saturated carbocycles. The predicted octanol–water partition coefficient (Wildman–Crippen LogP) is 6.03. The van der Waals surface area contributed by atoms with Crippen LogP contribution in [0.1, 0.15) is 77.1 Å². The van der Waals surface area contributed by atoms with Crippen molar-refractivity contribution in [1.82, 2.24) is 49.9 Å². The van der Waals surface area contributed by atoms with E-state index < -0.39 is 24.3 Å². The highest BCUT2D eigenvalue weighted by atomic mass is 32.1. The summed E-state index contributed by atoms with van der Waals surface area (Å²) in [5, 5.41) is 13.8. The number of aromatic amines is 2. The average molecular weight is 777 g/mol. The molecule has 6 heterocycles. The van der Waals surface area contributed by atoms with Gasteiger partial charge >= 0.3 is 12.2 Å². The van der Waals surface area contributed by atoms with Gasteiger partial charge in [0.05, 0.1) is 63.4 Å². The van der Waals surface area contributed by atoms with E-state index in [1.807, 2.05) is 39.8 Å². The lowest BCUT2D eigenvalue weighted by Crippen LogP contribution is -2.51. The van der Waals surface area contributed by atoms with Crippen LogP contribution in [-0.4, -0.2) is 113 Å². The van der Waals surface area contributed by atoms with E-state index >= 15 is 0 Å². The van der Waals surface area contributed by atoms with Gasteiger partial charge in [-0.05, 0) is 49.7 Å². The molecule has 18 heteroatoms. The lowest BCUT2D eigenvalue weighted by atomic mass is 10.0. The Balaban J connectivity index is 1.08. The van der Waals surface area contributed by atoms with Gasteiger partial charge in [0.15, 0.2) is 0 Å². The highest BCUT2D eigenvalue weighted by molar-refractivity contribution is 7.23. The third-order valence-electron chi connectivity index (χ3n) is 10.2. The summed E-state index contributed by atoms with van der Waals surface area (Å²) in [6.45, 7) is 8.60. The fourth-order valence-electron chi connectivity index (χ4n) is 7.50. The van der Waals surface area contributed by atoms with Gasteiger partial charge in [-0.2, -0.15) is 0 Å². The number of methoxy groups -OCH3 is 1. The van der Waals surface area contributed by atoms with Crippen LogP contribution in [0.2, 0.25) is 0 Å². The van der Waals surface area contributed by atoms with Gasteiger partial charge in [0.2, 0.25) is 11.8 Å². The summed E-state index contributed by atoms with van der Waals surface area (Å²) in [5.41, 5.74) is 3.16. The molecule has 0 bridgehead atoms. The summed E-state index contributed by atoms with van der Waals surface area (Å²) in [7, 11) is 2.72. The Morgan fingerprint density at radius 1 is 0.852 bits per heavy atom. The minimum atomic E-state index is -1.13. The second kappa shape index (κ2) is 15.0. The third-order valence-corrected chi connectivity index (χ3v) is 12.4. The largest absolute Gasteiger partial charge is 0.465 e. The topological polar surface area (TPSA) is 203 Å². The second-order valence-electron chi connectivity index (χ2n) is 14.5. The minimum absolute atomic E-state index is 0.122. The SMILES string of the molecule is COC(=O)N[C@@H](C(=O)N1CCC[C@H]1c1ncc(-c2nc3cc4sc(-c5cnc([C@@H]6CCCN6C(=O)[C@@H](C(C)C)N(C)C(=O)O)[nH]5)nc4cc3s2)[nH]1)C(C)C. The van der Waals surface area contributed by atoms with Crippen molar-refractivity contribution in [3.63, 3.8) is 0 Å². The number of H-pyrrole nitrogens is 2. The molecular weight excluding hydrogens is 733 g/mol. The highest BCUT2D eigenvalue weighted by Gasteiger charge is 2.40. The summed E-state index contributed by atoms with van der Waals surface area (Å²) in [6, 6.07) is 2.04. The van der Waals surface area contributed by atoms with Crippen LogP contribution in [0.25, 0.3) is 41.8 Å². The van der Waals surface area contributed by atoms with Crippen molar-refractivity contribution in [2.45, 2.75) is 77.5 Å². The van der Waals surface area contributed by atoms with Gasteiger partial charge < -0.3 is 34.9 Å². The van der Waals surface area contributed by atoms with Crippen LogP contribution in [0, 0.1) is 11.8 Å². The first kappa shape index (κ1) is 37.2. The van der Waals surface area contributed by atoms with Crippen LogP contribution in [0.3, 0.4) is 0 Å². The summed E-state index contributed by atoms with van der Waals surface area (Å²) < 4.78 is 6.68. The Labute approximate surface area is 319 Å². The maximum absolute atomic E-state index is 13.6. The van der Waals surface area contributed by atoms with Crippen molar-refractivity contribution in [1.29, 1.82) is 0 Å². The number of fused-ring (bicyclic) bond motifs is 2. The van der Waals surface area contributed by atoms with Gasteiger partial charge in [-0.15, -0.1) is 22.7 Å². The second-order valence-corrected chi connectivity index (χ2v) is 16.6. The number of hydrogen-bond acceptors (Lipinski definition) is 11. The zero-order valence-electron chi connectivity index (χ0n) is 31.0. The molecule has 2 aliphatic rings. The standard InChI is InChI=1S/C36H44N10O6S2/c1-17(2)27(43-35(49)52-6)33(47)45-11-7-9-23(45)29-37-15-21(39-29)31-41-19-13-26-20(14-25(19)53-31)42-32(54-26)22-16-38-30(40-22)24-10-8-12-46(24)34(48)28(18(3)4)44(5)36(50)51/h13-18,23-24,27-28H,7-12H2,1-6H3,(H,37,39)(H,38,40)(H,43,49)(H,50,51)/t23-,24-,27+,28+/m0/s1. The summed E-state index contributed by atoms with van der Waals surface area (Å²) in [4.78, 5) is 81.5. The molecule has 0 radical (unpaired) electrons. The Bertz CT molecular complexity index is 2160. The number of likely N-dealkylation sites (tertiary alicyclic amines) is 2. The van der Waals surface area contributed by atoms with Crippen LogP contribution >= 0.6 is 22.7 Å². The first-order chi connectivity index (χ1) is 25.8. The van der Waals surface area contributed by atoms with Gasteiger partial charge in [-0.25, -0.2) is 29.5 Å². The van der Waals surface area contributed by atoms with Crippen molar-refractivity contribution in [2.75, 3.05) is 27.2 Å². The fraction of sp³-hybridized carbons (Fsp3) is 0.500. The lowest BCUT2D eigenvalue weighted by Gasteiger charge is -2.33. The number of rotatable bonds is 10. The van der Waals surface area contributed by atoms with Gasteiger partial charge in [0, 0.05) is 20.1 Å². The quantitative estimate of drug-likeness (QED) is 0.130. The normalized spacial score (nSPS) is 18.6. The van der Waals surface area contributed by atoms with E-state index in [-0.39, 0.29) is 35.7 Å². The Morgan fingerprint density at radius 2 is 1.35 bits per heavy atom. The maximum Gasteiger partial charge on any atom is 0.407 e. The molecule has 4 N–H and O–H groups in total. The molecule has 16 nitrogen and oxygen atoms in total. The molecule has 2 aliphatic heterocycles. The van der Waals surface area contributed by atoms with E-state index in [1.54, 1.807) is 22.2 Å². The third kappa shape index (κ3) is 6.99. The minimum Gasteiger partial charge on any atom is -0.465 e. The number of carbonyl (C=O) groups excluding carboxylic acids is 3. The van der Waals surface area contributed by atoms with Crippen LogP contribution in [0.4, 0.5) is 9.59 Å². The molecule has 2 fully saturated rings. The maximum atomic E-state index is 13.6. The number of aromatic nitrogens is 6. The van der Waals surface area contributed by atoms with Gasteiger partial charge in [0.25, 0.3) is 0 Å². The number of likely N-dealkylation sites (N-methyl/N-ethyl adjacent to an activating group) is 1. The summed E-state index contributed by atoms with van der Waals surface area (Å²) in [5.74, 6) is 0.653. The van der Waals surface area contributed by atoms with E-state index in [0.717, 1.165) is 72.4 Å². The molecule has 54 heavy (non-hydrogen) atoms. The summed E-state index contributed by atoms with van der Waals surface area (Å²) in [6.07, 6.45) is 4.83. The molecular formula is C36H44N10O6S2. The number of nitrogens with one attached hydrogen (secondary N) is 3. The molecule has 4 amide bonds. The molecule has 286 valence electrons. The van der Waals surface area contributed by atoms with Crippen LogP contribution < -0.4 is 5.32 Å². The monoisotopic (exact) mass is 776 g/mol. The highest BCUT2D eigenvalue weighted by Crippen LogP contribution is 2.39. The Morgan fingerprint density at radius 3 is 1.80 bits per heavy atom. The van der Waals surface area contributed by atoms with E-state index in [9.17, 15) is 24.3 Å². The smallest absolute Gasteiger partial charge is 0.407 e. The van der Waals surface area contributed by atoms with Crippen molar-refractivity contribution in [2.24, 2.45) is 11.8 Å². The predicted molar refractivity (Wildman–Crippen MR) is 204 cm³/mol. The fourth-order valence-corrected chi connectivity index (χ4v) is 9.40. The van der Waals surface area contributed by atoms with E-state index in [1.165, 1.54) is 36.8 Å². The van der Waals surface area contributed by atoms with E-state index in [0.29, 0.717) is 24.7 Å². The molecule has 0 spiro atoms. The number of ether oxygens (including phenoxy) is 1. The molecule has 1 aromatic carbocycles. The molecule has 7 rings (SSSR count). The molecule has 4 aromatic heterocycles. The van der Waals surface area contributed by atoms with Crippen molar-refractivity contribution >= 4 is 67.1 Å². The average Bonchev–Trinajstić information content (AvgIpc) is 3.98. The number of thiazole rings is 2. The van der Waals surface area contributed by atoms with Crippen LogP contribution in [0.5, 0.6) is 0 Å². The zero-order chi connectivity index (χ0) is 38.4. The number of hydrogen-bond donors (Lipinski definition) is 4. The number of amides is 4. The van der Waals surface area contributed by atoms with Gasteiger partial charge in [-0.3, -0.25) is 14.5 Å². The van der Waals surface area contributed by atoms with Crippen molar-refractivity contribution in [3.05, 3.63) is 36.2 Å². The molecule has 4 atom stereocenters. The first-order valence-corrected chi connectivity index (χ1v) is 19.7. The van der Waals surface area contributed by atoms with Gasteiger partial charge in [0.1, 0.15) is 33.7 Å². The number of alkyl carbamates (subject to hydrolysis) is 1. The Hall–Kier alpha value is -5.10. The van der Waals surface area contributed by atoms with Gasteiger partial charge in [-0.1, -0.05) is 27.7 Å². The number of carboxylic acid groups (broad SMARTS) is 1. The molecule has 5 aromatic rings. The van der Waals surface area contributed by atoms with Crippen LogP contribution in [-0.2, 0) is 14.3 Å². The number of carbonyl (C=O) groups is 4. The number of nitrogens with zero attached hydrogens (tertiary/aromatic N) is 7. The van der Waals surface area contributed by atoms with E-state index in [2.05, 4.69) is 25.3 Å². The summed E-state index contributed by atoms with van der Waals surface area (Å²) >= 11 is 3.05.